The van der Waals surface area contributed by atoms with Crippen LogP contribution in [0.25, 0.3) is 0 Å². The van der Waals surface area contributed by atoms with Gasteiger partial charge in [-0.3, -0.25) is 0 Å². The molecule has 0 N–H and O–H groups in total. The summed E-state index contributed by atoms with van der Waals surface area (Å²) in [6, 6.07) is 3.75. The summed E-state index contributed by atoms with van der Waals surface area (Å²) < 4.78 is 22.1. The van der Waals surface area contributed by atoms with E-state index < -0.39 is 24.1 Å². The maximum atomic E-state index is 13.0. The zero-order valence-corrected chi connectivity index (χ0v) is 7.90. The van der Waals surface area contributed by atoms with Gasteiger partial charge in [-0.2, -0.15) is 0 Å². The highest BCUT2D eigenvalue weighted by molar-refractivity contribution is 5.71. The fourth-order valence-corrected chi connectivity index (χ4v) is 0.896. The molecule has 0 heterocycles. The molecule has 1 rings (SSSR count). The van der Waals surface area contributed by atoms with Crippen LogP contribution >= 0.6 is 0 Å². The second kappa shape index (κ2) is 5.04. The number of nitrogens with zero attached hydrogens (tertiary/aromatic N) is 1. The predicted octanol–water partition coefficient (Wildman–Crippen LogP) is 1.78. The van der Waals surface area contributed by atoms with Gasteiger partial charge in [-0.15, -0.1) is 4.91 Å². The van der Waals surface area contributed by atoms with Crippen LogP contribution in [0.5, 0.6) is 5.75 Å². The van der Waals surface area contributed by atoms with Gasteiger partial charge in [0.1, 0.15) is 0 Å². The van der Waals surface area contributed by atoms with Gasteiger partial charge >= 0.3 is 5.97 Å². The monoisotopic (exact) mass is 213 g/mol. The molecule has 0 amide bonds. The topological polar surface area (TPSA) is 65.0 Å². The molecule has 0 fully saturated rings. The van der Waals surface area contributed by atoms with E-state index in [9.17, 15) is 14.1 Å². The molecule has 0 aromatic heterocycles. The summed E-state index contributed by atoms with van der Waals surface area (Å²) in [5.41, 5.74) is -0.457. The Morgan fingerprint density at radius 2 is 2.27 bits per heavy atom. The highest BCUT2D eigenvalue weighted by atomic mass is 19.1. The van der Waals surface area contributed by atoms with E-state index in [1.807, 2.05) is 0 Å². The van der Waals surface area contributed by atoms with Crippen molar-refractivity contribution in [1.82, 2.24) is 0 Å². The summed E-state index contributed by atoms with van der Waals surface area (Å²) in [6.07, 6.45) is 0. The van der Waals surface area contributed by atoms with Crippen molar-refractivity contribution in [3.8, 4) is 5.75 Å². The normalized spacial score (nSPS) is 9.47. The average Bonchev–Trinajstić information content (AvgIpc) is 2.25. The minimum atomic E-state index is -0.799. The van der Waals surface area contributed by atoms with Gasteiger partial charge < -0.3 is 9.47 Å². The highest BCUT2D eigenvalue weighted by Gasteiger charge is 2.11. The molecule has 0 radical (unpaired) electrons. The summed E-state index contributed by atoms with van der Waals surface area (Å²) in [6.45, 7) is -0.400. The van der Waals surface area contributed by atoms with Crippen molar-refractivity contribution in [3.63, 3.8) is 0 Å². The zero-order chi connectivity index (χ0) is 11.3. The van der Waals surface area contributed by atoms with Gasteiger partial charge in [0, 0.05) is 0 Å². The largest absolute Gasteiger partial charge is 0.479 e. The molecule has 15 heavy (non-hydrogen) atoms. The van der Waals surface area contributed by atoms with E-state index in [1.165, 1.54) is 19.2 Å². The number of halogens is 1. The van der Waals surface area contributed by atoms with E-state index >= 15 is 0 Å². The third-order valence-corrected chi connectivity index (χ3v) is 1.61. The maximum Gasteiger partial charge on any atom is 0.343 e. The molecular weight excluding hydrogens is 205 g/mol. The summed E-state index contributed by atoms with van der Waals surface area (Å²) in [5.74, 6) is -1.51. The minimum Gasteiger partial charge on any atom is -0.479 e. The molecule has 0 unspecified atom stereocenters. The predicted molar refractivity (Wildman–Crippen MR) is 49.4 cm³/mol. The number of carbonyl (C=O) groups is 1. The quantitative estimate of drug-likeness (QED) is 0.564. The number of carbonyl (C=O) groups excluding carboxylic acids is 1. The standard InChI is InChI=1S/C9H8FNO4/c1-14-8(12)5-15-7-4-2-3-6(10)9(7)11-13/h2-4H,5H2,1H3. The first-order valence-electron chi connectivity index (χ1n) is 4.00. The van der Waals surface area contributed by atoms with Gasteiger partial charge in [0.05, 0.1) is 7.11 Å². The van der Waals surface area contributed by atoms with Crippen LogP contribution in [0, 0.1) is 10.7 Å². The number of hydrogen-bond donors (Lipinski definition) is 0. The van der Waals surface area contributed by atoms with Crippen LogP contribution in [0.3, 0.4) is 0 Å². The molecule has 80 valence electrons. The third kappa shape index (κ3) is 2.73. The van der Waals surface area contributed by atoms with Gasteiger partial charge in [-0.25, -0.2) is 9.18 Å². The van der Waals surface area contributed by atoms with E-state index in [2.05, 4.69) is 9.91 Å². The molecule has 0 aliphatic rings. The summed E-state index contributed by atoms with van der Waals surface area (Å²) in [4.78, 5) is 21.0. The van der Waals surface area contributed by atoms with E-state index in [1.54, 1.807) is 0 Å². The van der Waals surface area contributed by atoms with Gasteiger partial charge in [-0.05, 0) is 17.3 Å². The Bertz CT molecular complexity index is 380. The SMILES string of the molecule is COC(=O)COc1cccc(F)c1N=O. The van der Waals surface area contributed by atoms with Gasteiger partial charge in [0.2, 0.25) is 0 Å². The Morgan fingerprint density at radius 3 is 2.87 bits per heavy atom. The maximum absolute atomic E-state index is 13.0. The first kappa shape index (κ1) is 11.1. The van der Waals surface area contributed by atoms with E-state index in [0.29, 0.717) is 0 Å². The van der Waals surface area contributed by atoms with Crippen LogP contribution < -0.4 is 4.74 Å². The third-order valence-electron chi connectivity index (χ3n) is 1.61. The number of nitroso groups, excluding NO2 is 1. The van der Waals surface area contributed by atoms with Crippen LogP contribution in [0.1, 0.15) is 0 Å². The molecule has 5 nitrogen and oxygen atoms in total. The molecular formula is C9H8FNO4. The van der Waals surface area contributed by atoms with Crippen LogP contribution in [0.2, 0.25) is 0 Å². The lowest BCUT2D eigenvalue weighted by Gasteiger charge is -2.05. The second-order valence-corrected chi connectivity index (χ2v) is 2.54. The highest BCUT2D eigenvalue weighted by Crippen LogP contribution is 2.29. The Kier molecular flexibility index (Phi) is 3.73. The van der Waals surface area contributed by atoms with Crippen LogP contribution in [0.4, 0.5) is 10.1 Å². The molecule has 0 saturated carbocycles. The van der Waals surface area contributed by atoms with Crippen LogP contribution in [-0.2, 0) is 9.53 Å². The summed E-state index contributed by atoms with van der Waals surface area (Å²) >= 11 is 0. The van der Waals surface area contributed by atoms with Crippen molar-refractivity contribution in [3.05, 3.63) is 28.9 Å². The molecule has 0 saturated heterocycles. The lowest BCUT2D eigenvalue weighted by molar-refractivity contribution is -0.142. The minimum absolute atomic E-state index is 0.0876. The second-order valence-electron chi connectivity index (χ2n) is 2.54. The Balaban J connectivity index is 2.80. The zero-order valence-electron chi connectivity index (χ0n) is 7.90. The van der Waals surface area contributed by atoms with Crippen molar-refractivity contribution >= 4 is 11.7 Å². The number of esters is 1. The van der Waals surface area contributed by atoms with Crippen LogP contribution in [-0.4, -0.2) is 19.7 Å². The summed E-state index contributed by atoms with van der Waals surface area (Å²) in [7, 11) is 1.19. The van der Waals surface area contributed by atoms with Crippen molar-refractivity contribution in [1.29, 1.82) is 0 Å². The Hall–Kier alpha value is -1.98. The lowest BCUT2D eigenvalue weighted by atomic mass is 10.3. The smallest absolute Gasteiger partial charge is 0.343 e. The first-order valence-corrected chi connectivity index (χ1v) is 4.00. The molecule has 0 aliphatic heterocycles. The number of ether oxygens (including phenoxy) is 2. The molecule has 0 spiro atoms. The Labute approximate surface area is 84.8 Å². The van der Waals surface area contributed by atoms with Crippen molar-refractivity contribution in [2.24, 2.45) is 5.18 Å². The van der Waals surface area contributed by atoms with Crippen molar-refractivity contribution in [2.75, 3.05) is 13.7 Å². The van der Waals surface area contributed by atoms with E-state index in [4.69, 9.17) is 4.74 Å². The van der Waals surface area contributed by atoms with E-state index in [-0.39, 0.29) is 5.75 Å². The number of hydrogen-bond acceptors (Lipinski definition) is 5. The van der Waals surface area contributed by atoms with Gasteiger partial charge in [0.25, 0.3) is 0 Å². The fourth-order valence-electron chi connectivity index (χ4n) is 0.896. The first-order chi connectivity index (χ1) is 7.19. The van der Waals surface area contributed by atoms with Crippen molar-refractivity contribution in [2.45, 2.75) is 0 Å². The van der Waals surface area contributed by atoms with Gasteiger partial charge in [0.15, 0.2) is 23.9 Å². The number of rotatable bonds is 4. The lowest BCUT2D eigenvalue weighted by Crippen LogP contribution is -2.12. The molecule has 0 atom stereocenters. The molecule has 0 bridgehead atoms. The molecule has 1 aromatic carbocycles. The number of benzene rings is 1. The molecule has 6 heteroatoms. The van der Waals surface area contributed by atoms with Crippen LogP contribution in [0.15, 0.2) is 23.4 Å². The summed E-state index contributed by atoms with van der Waals surface area (Å²) in [5, 5.41) is 2.47. The van der Waals surface area contributed by atoms with Gasteiger partial charge in [-0.1, -0.05) is 6.07 Å². The molecule has 0 aliphatic carbocycles. The fraction of sp³-hybridized carbons (Fsp3) is 0.222. The molecule has 1 aromatic rings. The Morgan fingerprint density at radius 1 is 1.53 bits per heavy atom. The average molecular weight is 213 g/mol. The van der Waals surface area contributed by atoms with E-state index in [0.717, 1.165) is 6.07 Å². The van der Waals surface area contributed by atoms with Crippen molar-refractivity contribution < 1.29 is 18.7 Å². The number of methoxy groups -OCH3 is 1.